The Morgan fingerprint density at radius 3 is 1.96 bits per heavy atom. The van der Waals surface area contributed by atoms with Crippen molar-refractivity contribution >= 4 is 11.6 Å². The SMILES string of the molecule is CC1(C)COC([C@@]2(C)N(c3ccccc3)[C@]2(C)c2ccccc2)=N1. The lowest BCUT2D eigenvalue weighted by atomic mass is 9.88. The lowest BCUT2D eigenvalue weighted by molar-refractivity contribution is 0.268. The molecule has 0 bridgehead atoms. The van der Waals surface area contributed by atoms with Crippen LogP contribution in [0.5, 0.6) is 0 Å². The number of ether oxygens (including phenoxy) is 1. The molecule has 3 nitrogen and oxygen atoms in total. The zero-order chi connectivity index (χ0) is 17.0. The molecule has 24 heavy (non-hydrogen) atoms. The van der Waals surface area contributed by atoms with E-state index in [0.29, 0.717) is 6.61 Å². The van der Waals surface area contributed by atoms with E-state index in [1.54, 1.807) is 0 Å². The van der Waals surface area contributed by atoms with E-state index in [0.717, 1.165) is 5.90 Å². The van der Waals surface area contributed by atoms with Crippen LogP contribution in [0.4, 0.5) is 5.69 Å². The Morgan fingerprint density at radius 1 is 0.833 bits per heavy atom. The average Bonchev–Trinajstić information content (AvgIpc) is 2.88. The van der Waals surface area contributed by atoms with Crippen LogP contribution in [-0.4, -0.2) is 23.6 Å². The summed E-state index contributed by atoms with van der Waals surface area (Å²) >= 11 is 0. The van der Waals surface area contributed by atoms with Crippen LogP contribution in [0.15, 0.2) is 65.7 Å². The molecule has 1 fully saturated rings. The molecule has 0 amide bonds. The molecule has 0 saturated carbocycles. The van der Waals surface area contributed by atoms with Crippen LogP contribution in [-0.2, 0) is 10.3 Å². The summed E-state index contributed by atoms with van der Waals surface area (Å²) in [5.74, 6) is 0.850. The molecule has 0 radical (unpaired) electrons. The van der Waals surface area contributed by atoms with Gasteiger partial charge in [0, 0.05) is 5.69 Å². The minimum absolute atomic E-state index is 0.152. The highest BCUT2D eigenvalue weighted by atomic mass is 16.5. The molecule has 0 aliphatic carbocycles. The van der Waals surface area contributed by atoms with Gasteiger partial charge in [-0.25, -0.2) is 4.99 Å². The van der Waals surface area contributed by atoms with E-state index in [2.05, 4.69) is 93.3 Å². The highest BCUT2D eigenvalue weighted by Crippen LogP contribution is 2.62. The molecule has 1 saturated heterocycles. The maximum atomic E-state index is 6.07. The van der Waals surface area contributed by atoms with Gasteiger partial charge >= 0.3 is 0 Å². The second-order valence-corrected chi connectivity index (χ2v) is 7.70. The average molecular weight is 320 g/mol. The van der Waals surface area contributed by atoms with Gasteiger partial charge in [0.05, 0.1) is 11.1 Å². The van der Waals surface area contributed by atoms with Crippen molar-refractivity contribution in [1.82, 2.24) is 0 Å². The van der Waals surface area contributed by atoms with Crippen molar-refractivity contribution in [2.24, 2.45) is 4.99 Å². The van der Waals surface area contributed by atoms with Gasteiger partial charge in [-0.2, -0.15) is 0 Å². The lowest BCUT2D eigenvalue weighted by Gasteiger charge is -2.14. The van der Waals surface area contributed by atoms with Crippen LogP contribution in [0, 0.1) is 0 Å². The summed E-state index contributed by atoms with van der Waals surface area (Å²) in [6, 6.07) is 21.2. The zero-order valence-corrected chi connectivity index (χ0v) is 14.8. The van der Waals surface area contributed by atoms with Gasteiger partial charge < -0.3 is 9.64 Å². The second-order valence-electron chi connectivity index (χ2n) is 7.70. The Kier molecular flexibility index (Phi) is 3.08. The van der Waals surface area contributed by atoms with Gasteiger partial charge in [-0.05, 0) is 45.4 Å². The molecule has 2 aliphatic heterocycles. The molecule has 3 heteroatoms. The number of anilines is 1. The van der Waals surface area contributed by atoms with E-state index in [9.17, 15) is 0 Å². The van der Waals surface area contributed by atoms with Gasteiger partial charge in [-0.15, -0.1) is 0 Å². The summed E-state index contributed by atoms with van der Waals surface area (Å²) < 4.78 is 6.07. The molecular weight excluding hydrogens is 296 g/mol. The van der Waals surface area contributed by atoms with Gasteiger partial charge in [0.25, 0.3) is 0 Å². The van der Waals surface area contributed by atoms with E-state index >= 15 is 0 Å². The fourth-order valence-electron chi connectivity index (χ4n) is 4.02. The third kappa shape index (κ3) is 1.94. The molecule has 124 valence electrons. The molecule has 0 N–H and O–H groups in total. The van der Waals surface area contributed by atoms with E-state index in [-0.39, 0.29) is 16.6 Å². The molecule has 0 spiro atoms. The summed E-state index contributed by atoms with van der Waals surface area (Å²) in [6.07, 6.45) is 0. The molecular formula is C21H24N2O. The first kappa shape index (κ1) is 15.3. The van der Waals surface area contributed by atoms with Crippen LogP contribution in [0.1, 0.15) is 33.3 Å². The Balaban J connectivity index is 1.85. The Labute approximate surface area is 144 Å². The first-order chi connectivity index (χ1) is 11.4. The molecule has 0 aromatic heterocycles. The first-order valence-corrected chi connectivity index (χ1v) is 8.54. The topological polar surface area (TPSA) is 24.6 Å². The number of benzene rings is 2. The Morgan fingerprint density at radius 2 is 1.42 bits per heavy atom. The van der Waals surface area contributed by atoms with Crippen molar-refractivity contribution < 1.29 is 4.74 Å². The molecule has 2 aromatic rings. The van der Waals surface area contributed by atoms with Crippen LogP contribution < -0.4 is 4.90 Å². The zero-order valence-electron chi connectivity index (χ0n) is 14.8. The van der Waals surface area contributed by atoms with Gasteiger partial charge in [-0.1, -0.05) is 48.5 Å². The van der Waals surface area contributed by atoms with E-state index in [1.165, 1.54) is 11.3 Å². The van der Waals surface area contributed by atoms with Crippen LogP contribution >= 0.6 is 0 Å². The summed E-state index contributed by atoms with van der Waals surface area (Å²) in [5.41, 5.74) is 1.88. The van der Waals surface area contributed by atoms with Crippen molar-refractivity contribution in [3.63, 3.8) is 0 Å². The highest BCUT2D eigenvalue weighted by molar-refractivity contribution is 6.00. The van der Waals surface area contributed by atoms with Crippen LogP contribution in [0.2, 0.25) is 0 Å². The number of para-hydroxylation sites is 1. The maximum absolute atomic E-state index is 6.07. The summed E-state index contributed by atoms with van der Waals surface area (Å²) in [7, 11) is 0. The quantitative estimate of drug-likeness (QED) is 0.784. The highest BCUT2D eigenvalue weighted by Gasteiger charge is 2.74. The lowest BCUT2D eigenvalue weighted by Crippen LogP contribution is -2.29. The minimum atomic E-state index is -0.274. The summed E-state index contributed by atoms with van der Waals surface area (Å²) in [5, 5.41) is 0. The fourth-order valence-corrected chi connectivity index (χ4v) is 4.02. The smallest absolute Gasteiger partial charge is 0.213 e. The summed E-state index contributed by atoms with van der Waals surface area (Å²) in [6.45, 7) is 9.42. The summed E-state index contributed by atoms with van der Waals surface area (Å²) in [4.78, 5) is 7.33. The number of rotatable bonds is 3. The van der Waals surface area contributed by atoms with Crippen molar-refractivity contribution in [1.29, 1.82) is 0 Å². The fraction of sp³-hybridized carbons (Fsp3) is 0.381. The van der Waals surface area contributed by atoms with Crippen molar-refractivity contribution in [2.45, 2.75) is 44.3 Å². The van der Waals surface area contributed by atoms with Gasteiger partial charge in [-0.3, -0.25) is 0 Å². The number of aliphatic imine (C=N–C) groups is 1. The monoisotopic (exact) mass is 320 g/mol. The maximum Gasteiger partial charge on any atom is 0.213 e. The predicted octanol–water partition coefficient (Wildman–Crippen LogP) is 4.39. The molecule has 2 aromatic carbocycles. The largest absolute Gasteiger partial charge is 0.477 e. The second kappa shape index (κ2) is 4.85. The molecule has 2 heterocycles. The molecule has 2 atom stereocenters. The normalized spacial score (nSPS) is 30.7. The van der Waals surface area contributed by atoms with E-state index < -0.39 is 0 Å². The van der Waals surface area contributed by atoms with Gasteiger partial charge in [0.1, 0.15) is 12.1 Å². The van der Waals surface area contributed by atoms with E-state index in [1.807, 2.05) is 0 Å². The third-order valence-electron chi connectivity index (χ3n) is 5.53. The van der Waals surface area contributed by atoms with Crippen LogP contribution in [0.25, 0.3) is 0 Å². The van der Waals surface area contributed by atoms with E-state index in [4.69, 9.17) is 9.73 Å². The minimum Gasteiger partial charge on any atom is -0.477 e. The van der Waals surface area contributed by atoms with Crippen molar-refractivity contribution in [3.8, 4) is 0 Å². The van der Waals surface area contributed by atoms with Crippen LogP contribution in [0.3, 0.4) is 0 Å². The number of nitrogens with zero attached hydrogens (tertiary/aromatic N) is 2. The Hall–Kier alpha value is -2.29. The molecule has 4 rings (SSSR count). The number of hydrogen-bond acceptors (Lipinski definition) is 3. The molecule has 2 aliphatic rings. The van der Waals surface area contributed by atoms with Gasteiger partial charge in [0.15, 0.2) is 0 Å². The predicted molar refractivity (Wildman–Crippen MR) is 98.6 cm³/mol. The third-order valence-corrected chi connectivity index (χ3v) is 5.53. The molecule has 0 unspecified atom stereocenters. The Bertz CT molecular complexity index is 784. The first-order valence-electron chi connectivity index (χ1n) is 8.54. The standard InChI is InChI=1S/C21H24N2O/c1-19(2)15-24-18(22-19)21(4)20(3,16-11-7-5-8-12-16)23(21)17-13-9-6-10-14-17/h5-14H,15H2,1-4H3/t20-,21-,23?/m1/s1. The number of hydrogen-bond donors (Lipinski definition) is 0. The van der Waals surface area contributed by atoms with Gasteiger partial charge in [0.2, 0.25) is 5.90 Å². The van der Waals surface area contributed by atoms with Crippen molar-refractivity contribution in [2.75, 3.05) is 11.5 Å². The van der Waals surface area contributed by atoms with Crippen molar-refractivity contribution in [3.05, 3.63) is 66.2 Å².